The molecule has 0 aromatic heterocycles. The summed E-state index contributed by atoms with van der Waals surface area (Å²) in [5, 5.41) is 0. The van der Waals surface area contributed by atoms with Gasteiger partial charge >= 0.3 is 0 Å². The van der Waals surface area contributed by atoms with Crippen molar-refractivity contribution >= 4 is 11.8 Å². The van der Waals surface area contributed by atoms with E-state index in [0.717, 1.165) is 16.0 Å². The Bertz CT molecular complexity index is 552. The van der Waals surface area contributed by atoms with Crippen molar-refractivity contribution in [2.45, 2.75) is 29.7 Å². The van der Waals surface area contributed by atoms with Crippen LogP contribution >= 0.6 is 11.8 Å². The van der Waals surface area contributed by atoms with Crippen LogP contribution in [0.15, 0.2) is 52.3 Å². The van der Waals surface area contributed by atoms with E-state index >= 15 is 0 Å². The minimum Gasteiger partial charge on any atom is -0.324 e. The topological polar surface area (TPSA) is 26.0 Å². The molecule has 0 unspecified atom stereocenters. The van der Waals surface area contributed by atoms with Crippen LogP contribution in [0.4, 0.5) is 4.39 Å². The Morgan fingerprint density at radius 2 is 1.83 bits per heavy atom. The van der Waals surface area contributed by atoms with Crippen LogP contribution in [-0.2, 0) is 0 Å². The van der Waals surface area contributed by atoms with Crippen LogP contribution in [0.1, 0.15) is 24.1 Å². The number of benzene rings is 2. The van der Waals surface area contributed by atoms with Crippen molar-refractivity contribution in [3.05, 3.63) is 59.4 Å². The van der Waals surface area contributed by atoms with E-state index in [-0.39, 0.29) is 11.9 Å². The highest BCUT2D eigenvalue weighted by molar-refractivity contribution is 7.99. The molecule has 2 aromatic carbocycles. The van der Waals surface area contributed by atoms with Gasteiger partial charge in [-0.25, -0.2) is 4.39 Å². The van der Waals surface area contributed by atoms with Gasteiger partial charge < -0.3 is 5.73 Å². The number of rotatable bonds is 3. The van der Waals surface area contributed by atoms with Crippen LogP contribution in [0.3, 0.4) is 0 Å². The van der Waals surface area contributed by atoms with Crippen molar-refractivity contribution in [3.8, 4) is 0 Å². The Hall–Kier alpha value is -1.32. The van der Waals surface area contributed by atoms with E-state index in [0.29, 0.717) is 4.90 Å². The molecule has 2 N–H and O–H groups in total. The molecule has 0 aliphatic heterocycles. The fourth-order valence-electron chi connectivity index (χ4n) is 1.77. The molecule has 3 heteroatoms. The minimum atomic E-state index is -0.210. The van der Waals surface area contributed by atoms with Gasteiger partial charge in [-0.15, -0.1) is 0 Å². The van der Waals surface area contributed by atoms with Crippen LogP contribution in [-0.4, -0.2) is 0 Å². The van der Waals surface area contributed by atoms with E-state index in [4.69, 9.17) is 5.73 Å². The second kappa shape index (κ2) is 5.55. The largest absolute Gasteiger partial charge is 0.324 e. The zero-order chi connectivity index (χ0) is 13.1. The third kappa shape index (κ3) is 2.74. The van der Waals surface area contributed by atoms with E-state index in [1.165, 1.54) is 17.8 Å². The molecule has 1 atom stereocenters. The van der Waals surface area contributed by atoms with Gasteiger partial charge in [0.2, 0.25) is 0 Å². The number of hydrogen-bond donors (Lipinski definition) is 1. The van der Waals surface area contributed by atoms with Crippen molar-refractivity contribution in [2.24, 2.45) is 5.73 Å². The minimum absolute atomic E-state index is 0.174. The van der Waals surface area contributed by atoms with Crippen molar-refractivity contribution in [1.82, 2.24) is 0 Å². The molecule has 0 saturated heterocycles. The van der Waals surface area contributed by atoms with E-state index in [1.54, 1.807) is 6.07 Å². The molecule has 0 aliphatic carbocycles. The maximum Gasteiger partial charge on any atom is 0.137 e. The normalized spacial score (nSPS) is 12.4. The van der Waals surface area contributed by atoms with Gasteiger partial charge in [-0.05, 0) is 37.1 Å². The summed E-state index contributed by atoms with van der Waals surface area (Å²) in [6.45, 7) is 3.89. The highest BCUT2D eigenvalue weighted by Gasteiger charge is 2.13. The Kier molecular flexibility index (Phi) is 4.04. The summed E-state index contributed by atoms with van der Waals surface area (Å²) in [5.41, 5.74) is 7.89. The first-order valence-electron chi connectivity index (χ1n) is 5.87. The summed E-state index contributed by atoms with van der Waals surface area (Å²) in [7, 11) is 0. The van der Waals surface area contributed by atoms with Crippen LogP contribution in [0.5, 0.6) is 0 Å². The SMILES string of the molecule is Cc1ccccc1Sc1c(F)cccc1[C@@H](C)N. The maximum absolute atomic E-state index is 14.0. The molecule has 1 nitrogen and oxygen atoms in total. The summed E-state index contributed by atoms with van der Waals surface area (Å²) in [4.78, 5) is 1.69. The molecule has 2 rings (SSSR count). The van der Waals surface area contributed by atoms with Gasteiger partial charge in [0.1, 0.15) is 5.82 Å². The summed E-state index contributed by atoms with van der Waals surface area (Å²) in [6.07, 6.45) is 0. The van der Waals surface area contributed by atoms with Gasteiger partial charge in [-0.2, -0.15) is 0 Å². The van der Waals surface area contributed by atoms with Crippen molar-refractivity contribution in [2.75, 3.05) is 0 Å². The predicted octanol–water partition coefficient (Wildman–Crippen LogP) is 4.31. The van der Waals surface area contributed by atoms with Crippen LogP contribution in [0, 0.1) is 12.7 Å². The lowest BCUT2D eigenvalue weighted by atomic mass is 10.1. The third-order valence-electron chi connectivity index (χ3n) is 2.79. The summed E-state index contributed by atoms with van der Waals surface area (Å²) in [5.74, 6) is -0.210. The highest BCUT2D eigenvalue weighted by Crippen LogP contribution is 2.36. The Morgan fingerprint density at radius 3 is 2.50 bits per heavy atom. The van der Waals surface area contributed by atoms with Gasteiger partial charge in [0.25, 0.3) is 0 Å². The molecular formula is C15H16FNS. The molecule has 0 aliphatic rings. The molecule has 0 radical (unpaired) electrons. The Labute approximate surface area is 111 Å². The van der Waals surface area contributed by atoms with E-state index in [2.05, 4.69) is 0 Å². The number of aryl methyl sites for hydroxylation is 1. The van der Waals surface area contributed by atoms with E-state index in [1.807, 2.05) is 44.2 Å². The first kappa shape index (κ1) is 13.1. The summed E-state index contributed by atoms with van der Waals surface area (Å²) < 4.78 is 14.0. The summed E-state index contributed by atoms with van der Waals surface area (Å²) in [6, 6.07) is 12.9. The lowest BCUT2D eigenvalue weighted by Gasteiger charge is -2.14. The fraction of sp³-hybridized carbons (Fsp3) is 0.200. The standard InChI is InChI=1S/C15H16FNS/c1-10-6-3-4-9-14(10)18-15-12(11(2)17)7-5-8-13(15)16/h3-9,11H,17H2,1-2H3/t11-/m1/s1. The zero-order valence-electron chi connectivity index (χ0n) is 10.5. The molecular weight excluding hydrogens is 245 g/mol. The van der Waals surface area contributed by atoms with Gasteiger partial charge in [-0.1, -0.05) is 42.1 Å². The smallest absolute Gasteiger partial charge is 0.137 e. The third-order valence-corrected chi connectivity index (χ3v) is 4.11. The quantitative estimate of drug-likeness (QED) is 0.891. The lowest BCUT2D eigenvalue weighted by Crippen LogP contribution is -2.07. The van der Waals surface area contributed by atoms with Crippen LogP contribution in [0.2, 0.25) is 0 Å². The predicted molar refractivity (Wildman–Crippen MR) is 74.3 cm³/mol. The summed E-state index contributed by atoms with van der Waals surface area (Å²) >= 11 is 1.44. The first-order chi connectivity index (χ1) is 8.59. The molecule has 94 valence electrons. The fourth-order valence-corrected chi connectivity index (χ4v) is 2.91. The number of hydrogen-bond acceptors (Lipinski definition) is 2. The average Bonchev–Trinajstić information content (AvgIpc) is 2.34. The Balaban J connectivity index is 2.43. The second-order valence-electron chi connectivity index (χ2n) is 4.31. The first-order valence-corrected chi connectivity index (χ1v) is 6.68. The zero-order valence-corrected chi connectivity index (χ0v) is 11.3. The second-order valence-corrected chi connectivity index (χ2v) is 5.37. The van der Waals surface area contributed by atoms with Crippen LogP contribution < -0.4 is 5.73 Å². The monoisotopic (exact) mass is 261 g/mol. The maximum atomic E-state index is 14.0. The number of nitrogens with two attached hydrogens (primary N) is 1. The van der Waals surface area contributed by atoms with Crippen molar-refractivity contribution in [3.63, 3.8) is 0 Å². The van der Waals surface area contributed by atoms with Gasteiger partial charge in [0.15, 0.2) is 0 Å². The van der Waals surface area contributed by atoms with E-state index in [9.17, 15) is 4.39 Å². The molecule has 0 spiro atoms. The van der Waals surface area contributed by atoms with E-state index < -0.39 is 0 Å². The number of halogens is 1. The van der Waals surface area contributed by atoms with Gasteiger partial charge in [0, 0.05) is 10.9 Å². The molecule has 0 amide bonds. The molecule has 2 aromatic rings. The molecule has 0 fully saturated rings. The molecule has 18 heavy (non-hydrogen) atoms. The molecule has 0 saturated carbocycles. The van der Waals surface area contributed by atoms with Gasteiger partial charge in [0.05, 0.1) is 4.90 Å². The molecule has 0 heterocycles. The van der Waals surface area contributed by atoms with Gasteiger partial charge in [-0.3, -0.25) is 0 Å². The van der Waals surface area contributed by atoms with Crippen molar-refractivity contribution in [1.29, 1.82) is 0 Å². The van der Waals surface area contributed by atoms with Crippen molar-refractivity contribution < 1.29 is 4.39 Å². The van der Waals surface area contributed by atoms with Crippen LogP contribution in [0.25, 0.3) is 0 Å². The Morgan fingerprint density at radius 1 is 1.11 bits per heavy atom. The molecule has 0 bridgehead atoms. The lowest BCUT2D eigenvalue weighted by molar-refractivity contribution is 0.591. The highest BCUT2D eigenvalue weighted by atomic mass is 32.2. The average molecular weight is 261 g/mol.